The summed E-state index contributed by atoms with van der Waals surface area (Å²) in [5.74, 6) is 0.536. The second-order valence-electron chi connectivity index (χ2n) is 5.96. The van der Waals surface area contributed by atoms with Gasteiger partial charge in [-0.25, -0.2) is 9.50 Å². The molecule has 0 radical (unpaired) electrons. The number of halogens is 1. The largest absolute Gasteiger partial charge is 0.492 e. The van der Waals surface area contributed by atoms with Gasteiger partial charge in [0.1, 0.15) is 12.4 Å². The molecule has 0 saturated carbocycles. The topological polar surface area (TPSA) is 115 Å². The maximum Gasteiger partial charge on any atom is 0.266 e. The van der Waals surface area contributed by atoms with E-state index in [4.69, 9.17) is 10.5 Å². The minimum atomic E-state index is -0.224. The van der Waals surface area contributed by atoms with Crippen molar-refractivity contribution in [3.8, 4) is 5.75 Å². The Morgan fingerprint density at radius 3 is 2.67 bits per heavy atom. The number of nitrogens with zero attached hydrogens (tertiary/aromatic N) is 2. The van der Waals surface area contributed by atoms with Gasteiger partial charge in [0.2, 0.25) is 5.91 Å². The lowest BCUT2D eigenvalue weighted by Gasteiger charge is -2.12. The van der Waals surface area contributed by atoms with Crippen molar-refractivity contribution < 1.29 is 9.53 Å². The summed E-state index contributed by atoms with van der Waals surface area (Å²) < 4.78 is 7.01. The predicted octanol–water partition coefficient (Wildman–Crippen LogP) is 1.58. The minimum absolute atomic E-state index is 0. The number of hydrogen-bond acceptors (Lipinski definition) is 5. The number of rotatable bonds is 6. The summed E-state index contributed by atoms with van der Waals surface area (Å²) in [6, 6.07) is 8.53. The van der Waals surface area contributed by atoms with E-state index < -0.39 is 0 Å². The minimum Gasteiger partial charge on any atom is -0.492 e. The molecular formula is C18H22ClN5O3. The number of H-pyrrole nitrogens is 1. The van der Waals surface area contributed by atoms with Gasteiger partial charge < -0.3 is 15.8 Å². The number of nitrogens with one attached hydrogen (secondary N) is 2. The highest BCUT2D eigenvalue weighted by Gasteiger charge is 2.14. The van der Waals surface area contributed by atoms with E-state index in [0.29, 0.717) is 30.2 Å². The molecule has 2 aromatic heterocycles. The zero-order valence-electron chi connectivity index (χ0n) is 15.1. The van der Waals surface area contributed by atoms with E-state index in [9.17, 15) is 9.59 Å². The molecule has 2 heterocycles. The Kier molecular flexibility index (Phi) is 6.59. The lowest BCUT2D eigenvalue weighted by atomic mass is 10.1. The maximum atomic E-state index is 12.4. The van der Waals surface area contributed by atoms with E-state index in [1.807, 2.05) is 13.8 Å². The van der Waals surface area contributed by atoms with Crippen LogP contribution in [0, 0.1) is 13.8 Å². The molecular weight excluding hydrogens is 370 g/mol. The van der Waals surface area contributed by atoms with Crippen molar-refractivity contribution >= 4 is 29.6 Å². The number of aromatic amines is 1. The van der Waals surface area contributed by atoms with Crippen LogP contribution < -0.4 is 21.3 Å². The number of carbonyl (C=O) groups is 1. The summed E-state index contributed by atoms with van der Waals surface area (Å²) >= 11 is 0. The molecule has 3 rings (SSSR count). The summed E-state index contributed by atoms with van der Waals surface area (Å²) in [5, 5.41) is 5.54. The fourth-order valence-corrected chi connectivity index (χ4v) is 2.79. The standard InChI is InChI=1S/C18H21N5O3.ClH/c1-11-15(12(2)23-16(20-11)10-18(25)22-23)9-17(24)21-13-3-5-14(6-4-13)26-8-7-19;/h3-6,10H,7-9,19H2,1-2H3,(H,21,24)(H,22,25);1H. The number of anilines is 1. The first-order chi connectivity index (χ1) is 12.5. The van der Waals surface area contributed by atoms with Crippen molar-refractivity contribution in [3.63, 3.8) is 0 Å². The molecule has 4 N–H and O–H groups in total. The van der Waals surface area contributed by atoms with Crippen LogP contribution in [0.1, 0.15) is 17.0 Å². The molecule has 9 heteroatoms. The van der Waals surface area contributed by atoms with E-state index in [0.717, 1.165) is 17.0 Å². The van der Waals surface area contributed by atoms with Crippen LogP contribution >= 0.6 is 12.4 Å². The fourth-order valence-electron chi connectivity index (χ4n) is 2.79. The van der Waals surface area contributed by atoms with Crippen LogP contribution in [0.25, 0.3) is 5.65 Å². The molecule has 1 aromatic carbocycles. The average molecular weight is 392 g/mol. The molecule has 0 fully saturated rings. The van der Waals surface area contributed by atoms with Gasteiger partial charge in [-0.15, -0.1) is 12.4 Å². The van der Waals surface area contributed by atoms with Crippen LogP contribution in [-0.2, 0) is 11.2 Å². The van der Waals surface area contributed by atoms with Crippen LogP contribution in [0.4, 0.5) is 5.69 Å². The van der Waals surface area contributed by atoms with E-state index in [1.54, 1.807) is 28.8 Å². The molecule has 0 aliphatic rings. The third-order valence-electron chi connectivity index (χ3n) is 4.06. The molecule has 0 spiro atoms. The number of fused-ring (bicyclic) bond motifs is 1. The zero-order valence-corrected chi connectivity index (χ0v) is 15.9. The molecule has 27 heavy (non-hydrogen) atoms. The second kappa shape index (κ2) is 8.70. The van der Waals surface area contributed by atoms with E-state index in [-0.39, 0.29) is 30.3 Å². The predicted molar refractivity (Wildman–Crippen MR) is 106 cm³/mol. The first-order valence-electron chi connectivity index (χ1n) is 8.28. The number of aromatic nitrogens is 3. The molecule has 0 atom stereocenters. The Balaban J connectivity index is 0.00000261. The number of amides is 1. The molecule has 0 unspecified atom stereocenters. The maximum absolute atomic E-state index is 12.4. The van der Waals surface area contributed by atoms with E-state index in [1.165, 1.54) is 6.07 Å². The van der Waals surface area contributed by atoms with Gasteiger partial charge in [-0.3, -0.25) is 14.7 Å². The number of ether oxygens (including phenoxy) is 1. The molecule has 0 bridgehead atoms. The number of hydrogen-bond donors (Lipinski definition) is 3. The third-order valence-corrected chi connectivity index (χ3v) is 4.06. The summed E-state index contributed by atoms with van der Waals surface area (Å²) in [7, 11) is 0. The van der Waals surface area contributed by atoms with Crippen molar-refractivity contribution in [1.29, 1.82) is 0 Å². The average Bonchev–Trinajstić information content (AvgIpc) is 2.98. The van der Waals surface area contributed by atoms with Crippen molar-refractivity contribution in [2.24, 2.45) is 5.73 Å². The van der Waals surface area contributed by atoms with Crippen molar-refractivity contribution in [2.45, 2.75) is 20.3 Å². The van der Waals surface area contributed by atoms with Gasteiger partial charge in [0.15, 0.2) is 5.65 Å². The summed E-state index contributed by atoms with van der Waals surface area (Å²) in [4.78, 5) is 28.3. The number of benzene rings is 1. The van der Waals surface area contributed by atoms with Gasteiger partial charge in [0.05, 0.1) is 6.42 Å². The van der Waals surface area contributed by atoms with Gasteiger partial charge in [-0.05, 0) is 38.1 Å². The Morgan fingerprint density at radius 1 is 1.30 bits per heavy atom. The lowest BCUT2D eigenvalue weighted by molar-refractivity contribution is -0.115. The monoisotopic (exact) mass is 391 g/mol. The van der Waals surface area contributed by atoms with Crippen LogP contribution in [0.15, 0.2) is 35.1 Å². The Bertz CT molecular complexity index is 995. The molecule has 8 nitrogen and oxygen atoms in total. The zero-order chi connectivity index (χ0) is 18.7. The molecule has 3 aromatic rings. The smallest absolute Gasteiger partial charge is 0.266 e. The van der Waals surface area contributed by atoms with Crippen LogP contribution in [0.5, 0.6) is 5.75 Å². The van der Waals surface area contributed by atoms with Crippen LogP contribution in [0.2, 0.25) is 0 Å². The Hall–Kier alpha value is -2.84. The number of carbonyl (C=O) groups excluding carboxylic acids is 1. The summed E-state index contributed by atoms with van der Waals surface area (Å²) in [6.07, 6.45) is 0.159. The molecule has 144 valence electrons. The molecule has 1 amide bonds. The Morgan fingerprint density at radius 2 is 2.00 bits per heavy atom. The van der Waals surface area contributed by atoms with Gasteiger partial charge >= 0.3 is 0 Å². The van der Waals surface area contributed by atoms with Crippen molar-refractivity contribution in [2.75, 3.05) is 18.5 Å². The van der Waals surface area contributed by atoms with E-state index in [2.05, 4.69) is 15.4 Å². The molecule has 0 saturated heterocycles. The first kappa shape index (κ1) is 20.5. The van der Waals surface area contributed by atoms with Gasteiger partial charge in [0, 0.05) is 35.2 Å². The Labute approximate surface area is 162 Å². The van der Waals surface area contributed by atoms with Crippen LogP contribution in [0.3, 0.4) is 0 Å². The summed E-state index contributed by atoms with van der Waals surface area (Å²) in [5.41, 5.74) is 8.69. The highest BCUT2D eigenvalue weighted by molar-refractivity contribution is 5.92. The van der Waals surface area contributed by atoms with Gasteiger partial charge in [-0.2, -0.15) is 0 Å². The highest BCUT2D eigenvalue weighted by Crippen LogP contribution is 2.17. The molecule has 0 aliphatic heterocycles. The summed E-state index contributed by atoms with van der Waals surface area (Å²) in [6.45, 7) is 4.57. The normalized spacial score (nSPS) is 10.5. The van der Waals surface area contributed by atoms with Crippen molar-refractivity contribution in [3.05, 3.63) is 57.6 Å². The number of aryl methyl sites for hydroxylation is 2. The second-order valence-corrected chi connectivity index (χ2v) is 5.96. The van der Waals surface area contributed by atoms with Crippen LogP contribution in [-0.4, -0.2) is 33.7 Å². The molecule has 0 aliphatic carbocycles. The van der Waals surface area contributed by atoms with Gasteiger partial charge in [0.25, 0.3) is 5.56 Å². The third kappa shape index (κ3) is 4.66. The SMILES string of the molecule is Cc1nc2cc(=O)[nH]n2c(C)c1CC(=O)Nc1ccc(OCCN)cc1.Cl. The van der Waals surface area contributed by atoms with Gasteiger partial charge in [-0.1, -0.05) is 0 Å². The van der Waals surface area contributed by atoms with Crippen molar-refractivity contribution in [1.82, 2.24) is 14.6 Å². The number of nitrogens with two attached hydrogens (primary N) is 1. The quantitative estimate of drug-likeness (QED) is 0.590. The van der Waals surface area contributed by atoms with E-state index >= 15 is 0 Å². The highest BCUT2D eigenvalue weighted by atomic mass is 35.5. The fraction of sp³-hybridized carbons (Fsp3) is 0.278. The first-order valence-corrected chi connectivity index (χ1v) is 8.28. The lowest BCUT2D eigenvalue weighted by Crippen LogP contribution is -2.18.